The van der Waals surface area contributed by atoms with Gasteiger partial charge in [0.15, 0.2) is 6.29 Å². The molecule has 0 aromatic heterocycles. The van der Waals surface area contributed by atoms with Crippen LogP contribution in [0.5, 0.6) is 0 Å². The SMILES string of the molecule is CC.COC(O)C1C=NC2=CC(C(C)(C)C)NN2C1N. The van der Waals surface area contributed by atoms with Gasteiger partial charge in [0.2, 0.25) is 0 Å². The molecule has 4 N–H and O–H groups in total. The monoisotopic (exact) mass is 284 g/mol. The predicted molar refractivity (Wildman–Crippen MR) is 80.6 cm³/mol. The summed E-state index contributed by atoms with van der Waals surface area (Å²) in [5.74, 6) is 0.459. The van der Waals surface area contributed by atoms with Crippen LogP contribution < -0.4 is 11.2 Å². The maximum atomic E-state index is 9.73. The number of hydrogen-bond donors (Lipinski definition) is 3. The molecular formula is C14H28N4O2. The highest BCUT2D eigenvalue weighted by atomic mass is 16.6. The zero-order chi connectivity index (χ0) is 15.5. The number of aliphatic imine (C=N–C) groups is 1. The Morgan fingerprint density at radius 2 is 2.05 bits per heavy atom. The van der Waals surface area contributed by atoms with Crippen molar-refractivity contribution in [2.75, 3.05) is 7.11 Å². The molecular weight excluding hydrogens is 256 g/mol. The van der Waals surface area contributed by atoms with E-state index in [9.17, 15) is 5.11 Å². The molecule has 0 aromatic carbocycles. The summed E-state index contributed by atoms with van der Waals surface area (Å²) in [5, 5.41) is 11.5. The summed E-state index contributed by atoms with van der Waals surface area (Å²) in [6.07, 6.45) is 2.39. The topological polar surface area (TPSA) is 83.1 Å². The summed E-state index contributed by atoms with van der Waals surface area (Å²) in [4.78, 5) is 4.34. The maximum Gasteiger partial charge on any atom is 0.165 e. The summed E-state index contributed by atoms with van der Waals surface area (Å²) in [5.41, 5.74) is 9.54. The van der Waals surface area contributed by atoms with Crippen molar-refractivity contribution in [3.8, 4) is 0 Å². The van der Waals surface area contributed by atoms with E-state index in [2.05, 4.69) is 37.3 Å². The van der Waals surface area contributed by atoms with Gasteiger partial charge in [0.1, 0.15) is 12.0 Å². The molecule has 0 aromatic rings. The molecule has 20 heavy (non-hydrogen) atoms. The largest absolute Gasteiger partial charge is 0.367 e. The third-order valence-electron chi connectivity index (χ3n) is 3.42. The molecule has 0 bridgehead atoms. The summed E-state index contributed by atoms with van der Waals surface area (Å²) in [7, 11) is 1.45. The lowest BCUT2D eigenvalue weighted by molar-refractivity contribution is -0.113. The number of fused-ring (bicyclic) bond motifs is 1. The number of aliphatic hydroxyl groups is 1. The fourth-order valence-corrected chi connectivity index (χ4v) is 2.09. The van der Waals surface area contributed by atoms with Gasteiger partial charge in [0.25, 0.3) is 0 Å². The molecule has 4 atom stereocenters. The van der Waals surface area contributed by atoms with Crippen LogP contribution in [0.15, 0.2) is 16.9 Å². The molecule has 0 saturated heterocycles. The fraction of sp³-hybridized carbons (Fsp3) is 0.786. The molecule has 0 fully saturated rings. The van der Waals surface area contributed by atoms with E-state index in [1.807, 2.05) is 18.9 Å². The molecule has 2 aliphatic rings. The molecule has 0 spiro atoms. The van der Waals surface area contributed by atoms with Crippen molar-refractivity contribution >= 4 is 6.21 Å². The van der Waals surface area contributed by atoms with Gasteiger partial charge < -0.3 is 15.6 Å². The van der Waals surface area contributed by atoms with Gasteiger partial charge in [0, 0.05) is 13.3 Å². The fourth-order valence-electron chi connectivity index (χ4n) is 2.09. The Balaban J connectivity index is 0.000000956. The Bertz CT molecular complexity index is 376. The van der Waals surface area contributed by atoms with E-state index >= 15 is 0 Å². The molecule has 0 radical (unpaired) electrons. The Morgan fingerprint density at radius 1 is 1.45 bits per heavy atom. The van der Waals surface area contributed by atoms with Crippen LogP contribution in [0.4, 0.5) is 0 Å². The number of aliphatic hydroxyl groups excluding tert-OH is 1. The van der Waals surface area contributed by atoms with Crippen molar-refractivity contribution in [2.45, 2.75) is 53.1 Å². The van der Waals surface area contributed by atoms with Crippen LogP contribution in [0.25, 0.3) is 0 Å². The van der Waals surface area contributed by atoms with E-state index in [1.165, 1.54) is 7.11 Å². The lowest BCUT2D eigenvalue weighted by atomic mass is 9.87. The number of nitrogens with zero attached hydrogens (tertiary/aromatic N) is 2. The molecule has 6 heteroatoms. The van der Waals surface area contributed by atoms with Crippen LogP contribution in [0.3, 0.4) is 0 Å². The van der Waals surface area contributed by atoms with Gasteiger partial charge in [-0.1, -0.05) is 34.6 Å². The Labute approximate surface area is 121 Å². The smallest absolute Gasteiger partial charge is 0.165 e. The second-order valence-corrected chi connectivity index (χ2v) is 5.84. The van der Waals surface area contributed by atoms with Crippen LogP contribution in [-0.2, 0) is 4.74 Å². The first kappa shape index (κ1) is 17.1. The van der Waals surface area contributed by atoms with Crippen LogP contribution >= 0.6 is 0 Å². The predicted octanol–water partition coefficient (Wildman–Crippen LogP) is 1.04. The number of methoxy groups -OCH3 is 1. The van der Waals surface area contributed by atoms with Gasteiger partial charge in [-0.15, -0.1) is 0 Å². The van der Waals surface area contributed by atoms with Crippen molar-refractivity contribution in [3.63, 3.8) is 0 Å². The molecule has 0 aliphatic carbocycles. The minimum Gasteiger partial charge on any atom is -0.367 e. The van der Waals surface area contributed by atoms with Crippen molar-refractivity contribution in [1.82, 2.24) is 10.4 Å². The van der Waals surface area contributed by atoms with Crippen LogP contribution in [-0.4, -0.2) is 41.9 Å². The van der Waals surface area contributed by atoms with Gasteiger partial charge >= 0.3 is 0 Å². The second kappa shape index (κ2) is 6.67. The highest BCUT2D eigenvalue weighted by Gasteiger charge is 2.40. The minimum absolute atomic E-state index is 0.0783. The second-order valence-electron chi connectivity index (χ2n) is 5.84. The zero-order valence-corrected chi connectivity index (χ0v) is 13.3. The van der Waals surface area contributed by atoms with Gasteiger partial charge in [-0.2, -0.15) is 0 Å². The molecule has 2 aliphatic heterocycles. The number of nitrogens with two attached hydrogens (primary N) is 1. The van der Waals surface area contributed by atoms with E-state index in [-0.39, 0.29) is 17.4 Å². The summed E-state index contributed by atoms with van der Waals surface area (Å²) < 4.78 is 4.91. The zero-order valence-electron chi connectivity index (χ0n) is 13.3. The quantitative estimate of drug-likeness (QED) is 0.660. The van der Waals surface area contributed by atoms with E-state index in [0.29, 0.717) is 0 Å². The Morgan fingerprint density at radius 3 is 2.55 bits per heavy atom. The molecule has 0 amide bonds. The number of hydrogen-bond acceptors (Lipinski definition) is 6. The molecule has 2 heterocycles. The number of ether oxygens (including phenoxy) is 1. The van der Waals surface area contributed by atoms with Crippen LogP contribution in [0, 0.1) is 11.3 Å². The van der Waals surface area contributed by atoms with Gasteiger partial charge in [-0.25, -0.2) is 10.4 Å². The number of nitrogens with one attached hydrogen (secondary N) is 1. The van der Waals surface area contributed by atoms with Gasteiger partial charge in [-0.05, 0) is 11.5 Å². The van der Waals surface area contributed by atoms with E-state index in [1.54, 1.807) is 6.21 Å². The van der Waals surface area contributed by atoms with Crippen molar-refractivity contribution in [2.24, 2.45) is 22.1 Å². The first-order chi connectivity index (χ1) is 9.34. The highest BCUT2D eigenvalue weighted by Crippen LogP contribution is 2.31. The number of hydrazine groups is 1. The third-order valence-corrected chi connectivity index (χ3v) is 3.42. The summed E-state index contributed by atoms with van der Waals surface area (Å²) in [6.45, 7) is 10.4. The van der Waals surface area contributed by atoms with E-state index in [4.69, 9.17) is 10.5 Å². The molecule has 6 nitrogen and oxygen atoms in total. The molecule has 2 rings (SSSR count). The average Bonchev–Trinajstić information content (AvgIpc) is 2.86. The lowest BCUT2D eigenvalue weighted by Crippen LogP contribution is -2.58. The third kappa shape index (κ3) is 3.38. The average molecular weight is 284 g/mol. The van der Waals surface area contributed by atoms with Crippen LogP contribution in [0.2, 0.25) is 0 Å². The lowest BCUT2D eigenvalue weighted by Gasteiger charge is -2.38. The summed E-state index contributed by atoms with van der Waals surface area (Å²) >= 11 is 0. The standard InChI is InChI=1S/C12H22N4O2.C2H6/c1-12(2,3)8-5-9-14-6-7(11(17)18-4)10(13)16(9)15-8;1-2/h5-8,10-11,15,17H,13H2,1-4H3;1-2H3. The van der Waals surface area contributed by atoms with Crippen molar-refractivity contribution in [3.05, 3.63) is 11.9 Å². The minimum atomic E-state index is -0.944. The Hall–Kier alpha value is -0.950. The van der Waals surface area contributed by atoms with Crippen LogP contribution in [0.1, 0.15) is 34.6 Å². The molecule has 0 saturated carbocycles. The first-order valence-electron chi connectivity index (χ1n) is 7.12. The van der Waals surface area contributed by atoms with Crippen molar-refractivity contribution < 1.29 is 9.84 Å². The van der Waals surface area contributed by atoms with Gasteiger partial charge in [0.05, 0.1) is 12.0 Å². The van der Waals surface area contributed by atoms with E-state index < -0.39 is 12.5 Å². The van der Waals surface area contributed by atoms with E-state index in [0.717, 1.165) is 5.82 Å². The maximum absolute atomic E-state index is 9.73. The van der Waals surface area contributed by atoms with Crippen molar-refractivity contribution in [1.29, 1.82) is 0 Å². The number of rotatable bonds is 2. The highest BCUT2D eigenvalue weighted by molar-refractivity contribution is 5.65. The normalized spacial score (nSPS) is 30.3. The molecule has 116 valence electrons. The van der Waals surface area contributed by atoms with Gasteiger partial charge in [-0.3, -0.25) is 5.01 Å². The first-order valence-corrected chi connectivity index (χ1v) is 7.12. The summed E-state index contributed by atoms with van der Waals surface area (Å²) in [6, 6.07) is 0.175. The molecule has 4 unspecified atom stereocenters. The Kier molecular flexibility index (Phi) is 5.70.